The first-order valence-electron chi connectivity index (χ1n) is 4.24. The van der Waals surface area contributed by atoms with Gasteiger partial charge in [-0.1, -0.05) is 11.3 Å². The van der Waals surface area contributed by atoms with Gasteiger partial charge in [-0.3, -0.25) is 0 Å². The van der Waals surface area contributed by atoms with Crippen LogP contribution in [-0.4, -0.2) is 4.57 Å². The van der Waals surface area contributed by atoms with Crippen LogP contribution < -0.4 is 10.6 Å². The van der Waals surface area contributed by atoms with Crippen molar-refractivity contribution in [2.24, 2.45) is 18.0 Å². The van der Waals surface area contributed by atoms with Gasteiger partial charge in [0.15, 0.2) is 0 Å². The van der Waals surface area contributed by atoms with Crippen LogP contribution in [0.3, 0.4) is 0 Å². The number of aromatic nitrogens is 1. The molecular formula is C8H13N3S. The molecule has 1 heterocycles. The molecular weight excluding hydrogens is 170 g/mol. The van der Waals surface area contributed by atoms with E-state index in [0.29, 0.717) is 0 Å². The molecule has 1 aromatic heterocycles. The zero-order valence-electron chi connectivity index (χ0n) is 7.21. The number of nitrogens with zero attached hydrogens (tertiary/aromatic N) is 2. The van der Waals surface area contributed by atoms with Gasteiger partial charge >= 0.3 is 0 Å². The third-order valence-corrected chi connectivity index (χ3v) is 3.65. The van der Waals surface area contributed by atoms with Gasteiger partial charge in [0.2, 0.25) is 4.80 Å². The van der Waals surface area contributed by atoms with E-state index >= 15 is 0 Å². The molecule has 0 spiro atoms. The first-order valence-corrected chi connectivity index (χ1v) is 5.06. The van der Waals surface area contributed by atoms with E-state index in [1.165, 1.54) is 36.3 Å². The van der Waals surface area contributed by atoms with Crippen LogP contribution in [0.5, 0.6) is 0 Å². The lowest BCUT2D eigenvalue weighted by Gasteiger charge is -2.10. The van der Waals surface area contributed by atoms with E-state index in [1.54, 1.807) is 11.3 Å². The Morgan fingerprint density at radius 1 is 1.42 bits per heavy atom. The molecule has 0 amide bonds. The van der Waals surface area contributed by atoms with Crippen LogP contribution in [0.2, 0.25) is 0 Å². The molecule has 0 aromatic carbocycles. The van der Waals surface area contributed by atoms with Gasteiger partial charge in [0.25, 0.3) is 0 Å². The maximum atomic E-state index is 5.28. The van der Waals surface area contributed by atoms with Gasteiger partial charge in [0.05, 0.1) is 0 Å². The van der Waals surface area contributed by atoms with Crippen molar-refractivity contribution in [3.8, 4) is 0 Å². The Morgan fingerprint density at radius 3 is 2.83 bits per heavy atom. The molecule has 0 radical (unpaired) electrons. The van der Waals surface area contributed by atoms with Gasteiger partial charge in [0, 0.05) is 17.6 Å². The summed E-state index contributed by atoms with van der Waals surface area (Å²) in [6, 6.07) is 0. The van der Waals surface area contributed by atoms with Crippen LogP contribution in [0.4, 0.5) is 0 Å². The SMILES string of the molecule is Cn1c2c(sc1=NN)CCCC2. The maximum Gasteiger partial charge on any atom is 0.207 e. The van der Waals surface area contributed by atoms with Crippen molar-refractivity contribution in [2.75, 3.05) is 0 Å². The van der Waals surface area contributed by atoms with E-state index < -0.39 is 0 Å². The summed E-state index contributed by atoms with van der Waals surface area (Å²) in [6.45, 7) is 0. The van der Waals surface area contributed by atoms with Crippen molar-refractivity contribution < 1.29 is 0 Å². The summed E-state index contributed by atoms with van der Waals surface area (Å²) in [6.07, 6.45) is 5.03. The minimum absolute atomic E-state index is 0.946. The van der Waals surface area contributed by atoms with Crippen LogP contribution in [-0.2, 0) is 19.9 Å². The second-order valence-corrected chi connectivity index (χ2v) is 4.21. The van der Waals surface area contributed by atoms with Gasteiger partial charge in [-0.2, -0.15) is 5.10 Å². The third kappa shape index (κ3) is 1.06. The van der Waals surface area contributed by atoms with E-state index in [9.17, 15) is 0 Å². The molecule has 4 heteroatoms. The first-order chi connectivity index (χ1) is 5.83. The smallest absolute Gasteiger partial charge is 0.207 e. The van der Waals surface area contributed by atoms with Crippen LogP contribution >= 0.6 is 11.3 Å². The Hall–Kier alpha value is -0.770. The Bertz CT molecular complexity index is 348. The normalized spacial score (nSPS) is 17.9. The highest BCUT2D eigenvalue weighted by Crippen LogP contribution is 2.22. The van der Waals surface area contributed by atoms with Crippen LogP contribution in [0.25, 0.3) is 0 Å². The minimum atomic E-state index is 0.946. The molecule has 0 bridgehead atoms. The first kappa shape index (κ1) is 7.86. The predicted octanol–water partition coefficient (Wildman–Crippen LogP) is 0.740. The Labute approximate surface area is 75.5 Å². The summed E-state index contributed by atoms with van der Waals surface area (Å²) >= 11 is 1.73. The molecule has 1 aliphatic rings. The molecule has 0 aliphatic heterocycles. The molecule has 1 aromatic rings. The second-order valence-electron chi connectivity index (χ2n) is 3.15. The van der Waals surface area contributed by atoms with Crippen molar-refractivity contribution in [2.45, 2.75) is 25.7 Å². The molecule has 0 atom stereocenters. The molecule has 12 heavy (non-hydrogen) atoms. The standard InChI is InChI=1S/C8H13N3S/c1-11-6-4-2-3-5-7(6)12-8(11)10-9/h2-5,9H2,1H3. The monoisotopic (exact) mass is 183 g/mol. The highest BCUT2D eigenvalue weighted by atomic mass is 32.1. The quantitative estimate of drug-likeness (QED) is 0.468. The van der Waals surface area contributed by atoms with Crippen molar-refractivity contribution in [1.29, 1.82) is 0 Å². The van der Waals surface area contributed by atoms with E-state index in [2.05, 4.69) is 9.67 Å². The minimum Gasteiger partial charge on any atom is -0.322 e. The summed E-state index contributed by atoms with van der Waals surface area (Å²) in [5.41, 5.74) is 1.44. The molecule has 0 saturated carbocycles. The van der Waals surface area contributed by atoms with Gasteiger partial charge < -0.3 is 10.4 Å². The third-order valence-electron chi connectivity index (χ3n) is 2.41. The Kier molecular flexibility index (Phi) is 1.92. The number of thiazole rings is 1. The van der Waals surface area contributed by atoms with Crippen molar-refractivity contribution >= 4 is 11.3 Å². The molecule has 2 N–H and O–H groups in total. The molecule has 2 rings (SSSR count). The Morgan fingerprint density at radius 2 is 2.17 bits per heavy atom. The summed E-state index contributed by atoms with van der Waals surface area (Å²) < 4.78 is 2.12. The van der Waals surface area contributed by atoms with Gasteiger partial charge in [-0.15, -0.1) is 0 Å². The predicted molar refractivity (Wildman–Crippen MR) is 49.7 cm³/mol. The summed E-state index contributed by atoms with van der Waals surface area (Å²) in [7, 11) is 2.05. The lowest BCUT2D eigenvalue weighted by Crippen LogP contribution is -2.16. The van der Waals surface area contributed by atoms with Crippen molar-refractivity contribution in [3.05, 3.63) is 15.4 Å². The molecule has 3 nitrogen and oxygen atoms in total. The summed E-state index contributed by atoms with van der Waals surface area (Å²) in [5.74, 6) is 5.28. The van der Waals surface area contributed by atoms with Gasteiger partial charge in [-0.25, -0.2) is 0 Å². The second kappa shape index (κ2) is 2.94. The van der Waals surface area contributed by atoms with Crippen LogP contribution in [0.15, 0.2) is 5.10 Å². The number of nitrogens with two attached hydrogens (primary N) is 1. The lowest BCUT2D eigenvalue weighted by molar-refractivity contribution is 0.642. The van der Waals surface area contributed by atoms with Crippen molar-refractivity contribution in [1.82, 2.24) is 4.57 Å². The average molecular weight is 183 g/mol. The number of aryl methyl sites for hydroxylation is 1. The molecule has 1 aliphatic carbocycles. The van der Waals surface area contributed by atoms with Gasteiger partial charge in [-0.05, 0) is 25.7 Å². The zero-order valence-corrected chi connectivity index (χ0v) is 8.02. The fourth-order valence-electron chi connectivity index (χ4n) is 1.73. The van der Waals surface area contributed by atoms with Crippen LogP contribution in [0, 0.1) is 0 Å². The van der Waals surface area contributed by atoms with Crippen LogP contribution in [0.1, 0.15) is 23.4 Å². The van der Waals surface area contributed by atoms with Crippen molar-refractivity contribution in [3.63, 3.8) is 0 Å². The number of hydrogen-bond donors (Lipinski definition) is 1. The number of fused-ring (bicyclic) bond motifs is 1. The average Bonchev–Trinajstić information content (AvgIpc) is 2.44. The summed E-state index contributed by atoms with van der Waals surface area (Å²) in [5, 5.41) is 3.76. The Balaban J connectivity index is 2.59. The van der Waals surface area contributed by atoms with E-state index in [-0.39, 0.29) is 0 Å². The van der Waals surface area contributed by atoms with E-state index in [4.69, 9.17) is 5.84 Å². The fraction of sp³-hybridized carbons (Fsp3) is 0.625. The van der Waals surface area contributed by atoms with E-state index in [0.717, 1.165) is 4.80 Å². The highest BCUT2D eigenvalue weighted by molar-refractivity contribution is 7.09. The largest absolute Gasteiger partial charge is 0.322 e. The van der Waals surface area contributed by atoms with E-state index in [1.807, 2.05) is 7.05 Å². The number of rotatable bonds is 0. The summed E-state index contributed by atoms with van der Waals surface area (Å²) in [4.78, 5) is 2.43. The lowest BCUT2D eigenvalue weighted by atomic mass is 10.0. The molecule has 0 unspecified atom stereocenters. The molecule has 0 saturated heterocycles. The topological polar surface area (TPSA) is 43.3 Å². The fourth-order valence-corrected chi connectivity index (χ4v) is 2.86. The van der Waals surface area contributed by atoms with Gasteiger partial charge in [0.1, 0.15) is 0 Å². The highest BCUT2D eigenvalue weighted by Gasteiger charge is 2.14. The zero-order chi connectivity index (χ0) is 8.55. The maximum absolute atomic E-state index is 5.28. The number of hydrogen-bond acceptors (Lipinski definition) is 3. The molecule has 66 valence electrons. The molecule has 0 fully saturated rings.